The molecule has 1 fully saturated rings. The van der Waals surface area contributed by atoms with Gasteiger partial charge in [0.25, 0.3) is 0 Å². The first-order chi connectivity index (χ1) is 10.0. The molecule has 1 aromatic rings. The van der Waals surface area contributed by atoms with Crippen molar-refractivity contribution in [3.8, 4) is 5.75 Å². The number of nitrogens with zero attached hydrogens (tertiary/aromatic N) is 1. The summed E-state index contributed by atoms with van der Waals surface area (Å²) in [7, 11) is 0. The minimum atomic E-state index is -0.115. The molecular weight excluding hydrogens is 336 g/mol. The molecule has 1 unspecified atom stereocenters. The van der Waals surface area contributed by atoms with Gasteiger partial charge < -0.3 is 15.0 Å². The summed E-state index contributed by atoms with van der Waals surface area (Å²) in [4.78, 5) is 25.5. The zero-order chi connectivity index (χ0) is 15.0. The third kappa shape index (κ3) is 2.90. The predicted octanol–water partition coefficient (Wildman–Crippen LogP) is 1.62. The highest BCUT2D eigenvalue weighted by Crippen LogP contribution is 2.34. The molecule has 1 saturated heterocycles. The van der Waals surface area contributed by atoms with E-state index in [1.807, 2.05) is 13.0 Å². The number of hydrogen-bond acceptors (Lipinski definition) is 3. The van der Waals surface area contributed by atoms with Crippen molar-refractivity contribution >= 4 is 27.7 Å². The zero-order valence-corrected chi connectivity index (χ0v) is 13.4. The Morgan fingerprint density at radius 3 is 3.05 bits per heavy atom. The maximum atomic E-state index is 12.2. The van der Waals surface area contributed by atoms with Crippen LogP contribution in [0.15, 0.2) is 16.6 Å². The Morgan fingerprint density at radius 2 is 2.24 bits per heavy atom. The van der Waals surface area contributed by atoms with Crippen molar-refractivity contribution in [2.45, 2.75) is 32.4 Å². The molecule has 1 N–H and O–H groups in total. The van der Waals surface area contributed by atoms with Crippen molar-refractivity contribution in [2.75, 3.05) is 13.2 Å². The van der Waals surface area contributed by atoms with Crippen LogP contribution in [0.5, 0.6) is 5.75 Å². The van der Waals surface area contributed by atoms with Crippen LogP contribution in [0.2, 0.25) is 0 Å². The average Bonchev–Trinajstić information content (AvgIpc) is 2.85. The topological polar surface area (TPSA) is 58.6 Å². The van der Waals surface area contributed by atoms with Gasteiger partial charge in [0.1, 0.15) is 5.75 Å². The van der Waals surface area contributed by atoms with Crippen molar-refractivity contribution < 1.29 is 14.3 Å². The van der Waals surface area contributed by atoms with Crippen LogP contribution in [0.4, 0.5) is 0 Å². The summed E-state index contributed by atoms with van der Waals surface area (Å²) in [5.74, 6) is 0.760. The molecule has 6 heteroatoms. The number of fused-ring (bicyclic) bond motifs is 1. The smallest absolute Gasteiger partial charge is 0.242 e. The number of halogens is 1. The number of benzene rings is 1. The molecule has 0 aliphatic carbocycles. The Kier molecular flexibility index (Phi) is 3.89. The summed E-state index contributed by atoms with van der Waals surface area (Å²) in [6.45, 7) is 3.13. The molecule has 0 aromatic heterocycles. The predicted molar refractivity (Wildman–Crippen MR) is 81.0 cm³/mol. The lowest BCUT2D eigenvalue weighted by Crippen LogP contribution is -2.39. The van der Waals surface area contributed by atoms with E-state index >= 15 is 0 Å². The molecule has 2 heterocycles. The number of amides is 2. The van der Waals surface area contributed by atoms with Crippen LogP contribution in [0.25, 0.3) is 0 Å². The van der Waals surface area contributed by atoms with E-state index in [1.54, 1.807) is 4.90 Å². The molecule has 21 heavy (non-hydrogen) atoms. The van der Waals surface area contributed by atoms with E-state index in [-0.39, 0.29) is 24.4 Å². The highest BCUT2D eigenvalue weighted by molar-refractivity contribution is 9.10. The Hall–Kier alpha value is -1.56. The lowest BCUT2D eigenvalue weighted by molar-refractivity contribution is -0.132. The number of ether oxygens (including phenoxy) is 1. The molecule has 0 bridgehead atoms. The molecule has 2 amide bonds. The van der Waals surface area contributed by atoms with Gasteiger partial charge in [-0.3, -0.25) is 9.59 Å². The fourth-order valence-electron chi connectivity index (χ4n) is 2.86. The van der Waals surface area contributed by atoms with Gasteiger partial charge >= 0.3 is 0 Å². The summed E-state index contributed by atoms with van der Waals surface area (Å²) in [6.07, 6.45) is 1.23. The van der Waals surface area contributed by atoms with Crippen molar-refractivity contribution in [3.05, 3.63) is 27.7 Å². The lowest BCUT2D eigenvalue weighted by atomic mass is 10.1. The molecule has 0 spiro atoms. The third-order valence-corrected chi connectivity index (χ3v) is 4.39. The Morgan fingerprint density at radius 1 is 1.43 bits per heavy atom. The monoisotopic (exact) mass is 352 g/mol. The van der Waals surface area contributed by atoms with Gasteiger partial charge in [-0.05, 0) is 24.6 Å². The summed E-state index contributed by atoms with van der Waals surface area (Å²) in [5.41, 5.74) is 2.16. The zero-order valence-electron chi connectivity index (χ0n) is 11.8. The Bertz CT molecular complexity index is 603. The summed E-state index contributed by atoms with van der Waals surface area (Å²) >= 11 is 3.51. The highest BCUT2D eigenvalue weighted by atomic mass is 79.9. The van der Waals surface area contributed by atoms with E-state index in [9.17, 15) is 9.59 Å². The van der Waals surface area contributed by atoms with E-state index in [2.05, 4.69) is 27.3 Å². The summed E-state index contributed by atoms with van der Waals surface area (Å²) in [6, 6.07) is 3.94. The Balaban J connectivity index is 1.89. The van der Waals surface area contributed by atoms with Crippen LogP contribution in [0.1, 0.15) is 24.5 Å². The van der Waals surface area contributed by atoms with E-state index in [0.29, 0.717) is 19.6 Å². The minimum Gasteiger partial charge on any atom is -0.493 e. The van der Waals surface area contributed by atoms with E-state index < -0.39 is 0 Å². The van der Waals surface area contributed by atoms with Gasteiger partial charge in [0.2, 0.25) is 11.8 Å². The second kappa shape index (κ2) is 5.67. The quantitative estimate of drug-likeness (QED) is 0.879. The van der Waals surface area contributed by atoms with Gasteiger partial charge in [-0.15, -0.1) is 0 Å². The van der Waals surface area contributed by atoms with E-state index in [4.69, 9.17) is 4.74 Å². The van der Waals surface area contributed by atoms with Gasteiger partial charge in [-0.25, -0.2) is 0 Å². The molecule has 112 valence electrons. The number of carbonyl (C=O) groups is 2. The van der Waals surface area contributed by atoms with Crippen molar-refractivity contribution in [2.24, 2.45) is 0 Å². The van der Waals surface area contributed by atoms with Crippen LogP contribution in [0, 0.1) is 0 Å². The lowest BCUT2D eigenvalue weighted by Gasteiger charge is -2.27. The molecule has 1 aromatic carbocycles. The number of hydrogen-bond donors (Lipinski definition) is 1. The van der Waals surface area contributed by atoms with Crippen molar-refractivity contribution in [1.82, 2.24) is 10.2 Å². The average molecular weight is 353 g/mol. The van der Waals surface area contributed by atoms with Crippen LogP contribution >= 0.6 is 15.9 Å². The van der Waals surface area contributed by atoms with Gasteiger partial charge in [0, 0.05) is 35.5 Å². The Labute approximate surface area is 131 Å². The first-order valence-corrected chi connectivity index (χ1v) is 7.84. The van der Waals surface area contributed by atoms with Gasteiger partial charge in [-0.2, -0.15) is 0 Å². The second-order valence-electron chi connectivity index (χ2n) is 5.50. The largest absolute Gasteiger partial charge is 0.493 e. The van der Waals surface area contributed by atoms with Crippen molar-refractivity contribution in [1.29, 1.82) is 0 Å². The van der Waals surface area contributed by atoms with E-state index in [1.165, 1.54) is 5.56 Å². The summed E-state index contributed by atoms with van der Waals surface area (Å²) < 4.78 is 6.70. The molecular formula is C15H17BrN2O3. The molecule has 3 rings (SSSR count). The van der Waals surface area contributed by atoms with Crippen LogP contribution in [0.3, 0.4) is 0 Å². The fourth-order valence-corrected chi connectivity index (χ4v) is 3.42. The highest BCUT2D eigenvalue weighted by Gasteiger charge is 2.28. The molecule has 1 atom stereocenters. The number of carbonyl (C=O) groups excluding carboxylic acids is 2. The van der Waals surface area contributed by atoms with Gasteiger partial charge in [0.15, 0.2) is 0 Å². The van der Waals surface area contributed by atoms with Crippen LogP contribution in [-0.4, -0.2) is 35.9 Å². The first kappa shape index (κ1) is 14.4. The fraction of sp³-hybridized carbons (Fsp3) is 0.467. The third-order valence-electron chi connectivity index (χ3n) is 3.94. The van der Waals surface area contributed by atoms with Crippen molar-refractivity contribution in [3.63, 3.8) is 0 Å². The standard InChI is InChI=1S/C15H17BrN2O3/c1-9-4-13(19)17-7-14(20)18(9)8-11-6-12(16)5-10-2-3-21-15(10)11/h5-6,9H,2-4,7-8H2,1H3,(H,17,19). The number of rotatable bonds is 2. The maximum Gasteiger partial charge on any atom is 0.242 e. The minimum absolute atomic E-state index is 0.0555. The molecule has 5 nitrogen and oxygen atoms in total. The number of nitrogens with one attached hydrogen (secondary N) is 1. The van der Waals surface area contributed by atoms with Crippen LogP contribution in [-0.2, 0) is 22.6 Å². The molecule has 0 radical (unpaired) electrons. The first-order valence-electron chi connectivity index (χ1n) is 7.05. The second-order valence-corrected chi connectivity index (χ2v) is 6.42. The van der Waals surface area contributed by atoms with Crippen LogP contribution < -0.4 is 10.1 Å². The molecule has 0 saturated carbocycles. The van der Waals surface area contributed by atoms with E-state index in [0.717, 1.165) is 22.2 Å². The van der Waals surface area contributed by atoms with Gasteiger partial charge in [0.05, 0.1) is 13.2 Å². The van der Waals surface area contributed by atoms with Gasteiger partial charge in [-0.1, -0.05) is 15.9 Å². The SMILES string of the molecule is CC1CC(=O)NCC(=O)N1Cc1cc(Br)cc2c1OCC2. The normalized spacial score (nSPS) is 21.6. The molecule has 2 aliphatic heterocycles. The maximum absolute atomic E-state index is 12.2. The molecule has 2 aliphatic rings. The summed E-state index contributed by atoms with van der Waals surface area (Å²) in [5, 5.41) is 2.63.